The molecule has 4 nitrogen and oxygen atoms in total. The van der Waals surface area contributed by atoms with Gasteiger partial charge in [-0.25, -0.2) is 4.98 Å². The first-order valence-corrected chi connectivity index (χ1v) is 6.42. The Morgan fingerprint density at radius 1 is 1.53 bits per heavy atom. The molecule has 1 aromatic rings. The normalized spacial score (nSPS) is 16.9. The number of hydrogen-bond acceptors (Lipinski definition) is 3. The highest BCUT2D eigenvalue weighted by atomic mass is 16.2. The molecular formula is C15H18N2O2. The van der Waals surface area contributed by atoms with Gasteiger partial charge in [-0.05, 0) is 38.8 Å². The number of aliphatic hydroxyl groups excluding tert-OH is 1. The van der Waals surface area contributed by atoms with Crippen LogP contribution >= 0.6 is 0 Å². The maximum atomic E-state index is 12.4. The van der Waals surface area contributed by atoms with Crippen molar-refractivity contribution in [1.82, 2.24) is 9.88 Å². The molecule has 0 saturated carbocycles. The van der Waals surface area contributed by atoms with E-state index in [-0.39, 0.29) is 18.1 Å². The van der Waals surface area contributed by atoms with Crippen molar-refractivity contribution in [2.75, 3.05) is 13.2 Å². The predicted molar refractivity (Wildman–Crippen MR) is 72.6 cm³/mol. The van der Waals surface area contributed by atoms with Gasteiger partial charge in [-0.15, -0.1) is 0 Å². The minimum absolute atomic E-state index is 0.0239. The van der Waals surface area contributed by atoms with Crippen LogP contribution in [0.5, 0.6) is 0 Å². The zero-order valence-electron chi connectivity index (χ0n) is 11.3. The smallest absolute Gasteiger partial charge is 0.272 e. The Morgan fingerprint density at radius 3 is 2.84 bits per heavy atom. The summed E-state index contributed by atoms with van der Waals surface area (Å²) in [6.45, 7) is 4.78. The number of likely N-dealkylation sites (tertiary alicyclic amines) is 1. The number of carbonyl (C=O) groups excluding carboxylic acids is 1. The molecule has 1 amide bonds. The Bertz CT molecular complexity index is 523. The summed E-state index contributed by atoms with van der Waals surface area (Å²) in [7, 11) is 0. The van der Waals surface area contributed by atoms with Gasteiger partial charge in [0.05, 0.1) is 0 Å². The number of aliphatic hydroxyl groups is 1. The van der Waals surface area contributed by atoms with Gasteiger partial charge in [-0.3, -0.25) is 4.79 Å². The average molecular weight is 258 g/mol. The summed E-state index contributed by atoms with van der Waals surface area (Å²) in [6.07, 6.45) is 3.64. The summed E-state index contributed by atoms with van der Waals surface area (Å²) >= 11 is 0. The third kappa shape index (κ3) is 2.94. The van der Waals surface area contributed by atoms with Gasteiger partial charge in [0.2, 0.25) is 0 Å². The summed E-state index contributed by atoms with van der Waals surface area (Å²) in [5, 5.41) is 8.62. The monoisotopic (exact) mass is 258 g/mol. The lowest BCUT2D eigenvalue weighted by Crippen LogP contribution is -2.42. The van der Waals surface area contributed by atoms with Crippen molar-refractivity contribution in [2.45, 2.75) is 32.2 Å². The van der Waals surface area contributed by atoms with E-state index in [0.29, 0.717) is 11.3 Å². The van der Waals surface area contributed by atoms with Crippen molar-refractivity contribution < 1.29 is 9.90 Å². The minimum Gasteiger partial charge on any atom is -0.384 e. The second-order valence-corrected chi connectivity index (χ2v) is 5.26. The van der Waals surface area contributed by atoms with Crippen molar-refractivity contribution in [3.63, 3.8) is 0 Å². The third-order valence-corrected chi connectivity index (χ3v) is 3.44. The lowest BCUT2D eigenvalue weighted by Gasteiger charge is -2.31. The molecule has 1 fully saturated rings. The Hall–Kier alpha value is -1.86. The molecule has 0 spiro atoms. The first-order valence-electron chi connectivity index (χ1n) is 6.42. The number of hydrogen-bond donors (Lipinski definition) is 1. The van der Waals surface area contributed by atoms with Gasteiger partial charge in [0, 0.05) is 23.8 Å². The van der Waals surface area contributed by atoms with Gasteiger partial charge in [-0.2, -0.15) is 0 Å². The lowest BCUT2D eigenvalue weighted by atomic mass is 10.0. The second kappa shape index (κ2) is 5.41. The van der Waals surface area contributed by atoms with Gasteiger partial charge >= 0.3 is 0 Å². The van der Waals surface area contributed by atoms with Crippen LogP contribution in [-0.2, 0) is 0 Å². The van der Waals surface area contributed by atoms with Crippen molar-refractivity contribution in [3.05, 3.63) is 29.6 Å². The van der Waals surface area contributed by atoms with Crippen molar-refractivity contribution in [2.24, 2.45) is 0 Å². The molecule has 2 rings (SSSR count). The fourth-order valence-corrected chi connectivity index (χ4v) is 2.36. The molecule has 1 saturated heterocycles. The zero-order valence-corrected chi connectivity index (χ0v) is 11.3. The lowest BCUT2D eigenvalue weighted by molar-refractivity contribution is 0.0646. The molecule has 0 bridgehead atoms. The van der Waals surface area contributed by atoms with E-state index >= 15 is 0 Å². The van der Waals surface area contributed by atoms with Crippen LogP contribution in [0.4, 0.5) is 0 Å². The van der Waals surface area contributed by atoms with Crippen molar-refractivity contribution in [1.29, 1.82) is 0 Å². The highest BCUT2D eigenvalue weighted by molar-refractivity contribution is 5.93. The Balaban J connectivity index is 2.16. The Labute approximate surface area is 113 Å². The number of nitrogens with zero attached hydrogens (tertiary/aromatic N) is 2. The third-order valence-electron chi connectivity index (χ3n) is 3.44. The van der Waals surface area contributed by atoms with E-state index in [0.717, 1.165) is 19.4 Å². The van der Waals surface area contributed by atoms with Crippen LogP contribution in [-0.4, -0.2) is 39.6 Å². The fourth-order valence-electron chi connectivity index (χ4n) is 2.36. The first kappa shape index (κ1) is 13.6. The number of pyridine rings is 1. The van der Waals surface area contributed by atoms with Crippen LogP contribution in [0.1, 0.15) is 42.7 Å². The zero-order chi connectivity index (χ0) is 13.9. The quantitative estimate of drug-likeness (QED) is 0.775. The molecule has 100 valence electrons. The SMILES string of the molecule is CC1(C)CCCN1C(=O)c1ccc(C#CCO)cn1. The van der Waals surface area contributed by atoms with Gasteiger partial charge in [0.25, 0.3) is 5.91 Å². The van der Waals surface area contributed by atoms with Crippen LogP contribution in [0.15, 0.2) is 18.3 Å². The van der Waals surface area contributed by atoms with Gasteiger partial charge in [0.15, 0.2) is 0 Å². The summed E-state index contributed by atoms with van der Waals surface area (Å²) in [4.78, 5) is 18.4. The van der Waals surface area contributed by atoms with E-state index in [1.807, 2.05) is 4.90 Å². The molecule has 2 heterocycles. The maximum absolute atomic E-state index is 12.4. The number of rotatable bonds is 1. The van der Waals surface area contributed by atoms with Crippen LogP contribution in [0, 0.1) is 11.8 Å². The largest absolute Gasteiger partial charge is 0.384 e. The van der Waals surface area contributed by atoms with Gasteiger partial charge in [0.1, 0.15) is 12.3 Å². The summed E-state index contributed by atoms with van der Waals surface area (Å²) in [6, 6.07) is 3.45. The summed E-state index contributed by atoms with van der Waals surface area (Å²) in [5.74, 6) is 5.29. The van der Waals surface area contributed by atoms with Crippen LogP contribution in [0.25, 0.3) is 0 Å². The van der Waals surface area contributed by atoms with Gasteiger partial charge in [-0.1, -0.05) is 11.8 Å². The number of carbonyl (C=O) groups is 1. The Morgan fingerprint density at radius 2 is 2.32 bits per heavy atom. The molecule has 0 unspecified atom stereocenters. The molecule has 0 aliphatic carbocycles. The summed E-state index contributed by atoms with van der Waals surface area (Å²) in [5.41, 5.74) is 1.06. The Kier molecular flexibility index (Phi) is 3.87. The second-order valence-electron chi connectivity index (χ2n) is 5.26. The molecule has 0 radical (unpaired) electrons. The van der Waals surface area contributed by atoms with Gasteiger partial charge < -0.3 is 10.0 Å². The predicted octanol–water partition coefficient (Wildman–Crippen LogP) is 1.44. The molecule has 1 aliphatic rings. The van der Waals surface area contributed by atoms with Crippen molar-refractivity contribution in [3.8, 4) is 11.8 Å². The minimum atomic E-state index is -0.178. The van der Waals surface area contributed by atoms with E-state index in [1.165, 1.54) is 0 Å². The van der Waals surface area contributed by atoms with E-state index in [4.69, 9.17) is 5.11 Å². The highest BCUT2D eigenvalue weighted by Gasteiger charge is 2.36. The number of aromatic nitrogens is 1. The topological polar surface area (TPSA) is 53.4 Å². The molecular weight excluding hydrogens is 240 g/mol. The molecule has 0 atom stereocenters. The van der Waals surface area contributed by atoms with Crippen LogP contribution < -0.4 is 0 Å². The molecule has 0 aromatic carbocycles. The van der Waals surface area contributed by atoms with E-state index < -0.39 is 0 Å². The van der Waals surface area contributed by atoms with Crippen molar-refractivity contribution >= 4 is 5.91 Å². The highest BCUT2D eigenvalue weighted by Crippen LogP contribution is 2.29. The molecule has 1 N–H and O–H groups in total. The van der Waals surface area contributed by atoms with Crippen LogP contribution in [0.2, 0.25) is 0 Å². The summed E-state index contributed by atoms with van der Waals surface area (Å²) < 4.78 is 0. The molecule has 1 aliphatic heterocycles. The number of amides is 1. The van der Waals surface area contributed by atoms with E-state index in [1.54, 1.807) is 18.3 Å². The standard InChI is InChI=1S/C15H18N2O2/c1-15(2)8-4-9-17(15)14(19)13-7-6-12(11-16-13)5-3-10-18/h6-7,11,18H,4,8-10H2,1-2H3. The van der Waals surface area contributed by atoms with E-state index in [2.05, 4.69) is 30.7 Å². The average Bonchev–Trinajstić information content (AvgIpc) is 2.76. The molecule has 4 heteroatoms. The van der Waals surface area contributed by atoms with Crippen LogP contribution in [0.3, 0.4) is 0 Å². The fraction of sp³-hybridized carbons (Fsp3) is 0.467. The van der Waals surface area contributed by atoms with E-state index in [9.17, 15) is 4.79 Å². The molecule has 1 aromatic heterocycles. The first-order chi connectivity index (χ1) is 9.04. The molecule has 19 heavy (non-hydrogen) atoms. The maximum Gasteiger partial charge on any atom is 0.272 e.